The number of nitrogens with one attached hydrogen (secondary N) is 1. The van der Waals surface area contributed by atoms with E-state index >= 15 is 0 Å². The lowest BCUT2D eigenvalue weighted by Crippen LogP contribution is -2.14. The third kappa shape index (κ3) is 4.38. The first-order valence-electron chi connectivity index (χ1n) is 6.53. The third-order valence-corrected chi connectivity index (χ3v) is 4.02. The molecule has 0 aliphatic carbocycles. The summed E-state index contributed by atoms with van der Waals surface area (Å²) in [6.45, 7) is 4.30. The van der Waals surface area contributed by atoms with Gasteiger partial charge in [-0.2, -0.15) is 11.3 Å². The minimum Gasteiger partial charge on any atom is -0.487 e. The van der Waals surface area contributed by atoms with E-state index in [2.05, 4.69) is 17.6 Å². The molecule has 0 radical (unpaired) electrons. The van der Waals surface area contributed by atoms with Gasteiger partial charge in [-0.1, -0.05) is 30.1 Å². The molecule has 2 aromatic rings. The molecule has 1 heterocycles. The molecule has 20 heavy (non-hydrogen) atoms. The lowest BCUT2D eigenvalue weighted by molar-refractivity contribution is 0.303. The summed E-state index contributed by atoms with van der Waals surface area (Å²) in [7, 11) is 0. The summed E-state index contributed by atoms with van der Waals surface area (Å²) < 4.78 is 5.87. The van der Waals surface area contributed by atoms with Gasteiger partial charge in [-0.05, 0) is 47.5 Å². The van der Waals surface area contributed by atoms with Gasteiger partial charge in [0, 0.05) is 17.1 Å². The molecule has 2 nitrogen and oxygen atoms in total. The molecule has 0 spiro atoms. The van der Waals surface area contributed by atoms with Gasteiger partial charge < -0.3 is 10.1 Å². The van der Waals surface area contributed by atoms with Crippen molar-refractivity contribution in [2.24, 2.45) is 0 Å². The molecule has 108 valence electrons. The summed E-state index contributed by atoms with van der Waals surface area (Å²) in [5.74, 6) is 0.714. The molecule has 2 rings (SSSR count). The molecule has 0 amide bonds. The maximum atomic E-state index is 6.25. The first-order valence-corrected chi connectivity index (χ1v) is 8.23. The maximum absolute atomic E-state index is 6.25. The average molecular weight is 330 g/mol. The lowest BCUT2D eigenvalue weighted by Gasteiger charge is -2.14. The Bertz CT molecular complexity index is 543. The highest BCUT2D eigenvalue weighted by Crippen LogP contribution is 2.33. The zero-order chi connectivity index (χ0) is 14.4. The highest BCUT2D eigenvalue weighted by molar-refractivity contribution is 7.07. The second-order valence-electron chi connectivity index (χ2n) is 4.47. The molecule has 0 aliphatic rings. The maximum Gasteiger partial charge on any atom is 0.142 e. The van der Waals surface area contributed by atoms with Crippen LogP contribution in [0, 0.1) is 0 Å². The number of benzene rings is 1. The predicted octanol–water partition coefficient (Wildman–Crippen LogP) is 5.13. The largest absolute Gasteiger partial charge is 0.487 e. The van der Waals surface area contributed by atoms with Crippen LogP contribution in [-0.2, 0) is 13.2 Å². The molecule has 0 fully saturated rings. The molecule has 0 aliphatic heterocycles. The van der Waals surface area contributed by atoms with Crippen molar-refractivity contribution in [3.63, 3.8) is 0 Å². The monoisotopic (exact) mass is 329 g/mol. The van der Waals surface area contributed by atoms with Gasteiger partial charge in [-0.3, -0.25) is 0 Å². The topological polar surface area (TPSA) is 21.3 Å². The molecule has 0 saturated heterocycles. The molecule has 0 bridgehead atoms. The summed E-state index contributed by atoms with van der Waals surface area (Å²) in [6, 6.07) is 5.66. The first-order chi connectivity index (χ1) is 9.70. The second kappa shape index (κ2) is 7.89. The second-order valence-corrected chi connectivity index (χ2v) is 6.10. The Balaban J connectivity index is 2.11. The Hall–Kier alpha value is -0.740. The van der Waals surface area contributed by atoms with Crippen molar-refractivity contribution >= 4 is 34.5 Å². The molecule has 1 aromatic carbocycles. The van der Waals surface area contributed by atoms with E-state index in [4.69, 9.17) is 27.9 Å². The van der Waals surface area contributed by atoms with Crippen molar-refractivity contribution in [2.45, 2.75) is 26.5 Å². The van der Waals surface area contributed by atoms with Gasteiger partial charge in [0.1, 0.15) is 12.4 Å². The Morgan fingerprint density at radius 2 is 2.15 bits per heavy atom. The number of halogens is 2. The van der Waals surface area contributed by atoms with Crippen LogP contribution in [0.2, 0.25) is 10.0 Å². The van der Waals surface area contributed by atoms with Gasteiger partial charge in [-0.25, -0.2) is 0 Å². The van der Waals surface area contributed by atoms with Crippen molar-refractivity contribution in [3.05, 3.63) is 50.1 Å². The number of hydrogen-bond donors (Lipinski definition) is 1. The highest BCUT2D eigenvalue weighted by Gasteiger charge is 2.11. The molecule has 1 aromatic heterocycles. The highest BCUT2D eigenvalue weighted by atomic mass is 35.5. The van der Waals surface area contributed by atoms with Crippen LogP contribution in [0.15, 0.2) is 29.0 Å². The number of rotatable bonds is 7. The van der Waals surface area contributed by atoms with Gasteiger partial charge in [-0.15, -0.1) is 0 Å². The minimum absolute atomic E-state index is 0.519. The van der Waals surface area contributed by atoms with E-state index in [9.17, 15) is 0 Å². The van der Waals surface area contributed by atoms with E-state index in [0.717, 1.165) is 24.1 Å². The van der Waals surface area contributed by atoms with Crippen LogP contribution in [0.1, 0.15) is 24.5 Å². The van der Waals surface area contributed by atoms with Crippen molar-refractivity contribution in [2.75, 3.05) is 6.54 Å². The fourth-order valence-corrected chi connectivity index (χ4v) is 3.08. The van der Waals surface area contributed by atoms with Gasteiger partial charge >= 0.3 is 0 Å². The standard InChI is InChI=1S/C15H17Cl2NOS/c1-2-4-18-8-12-6-13(16)7-14(17)15(12)19-9-11-3-5-20-10-11/h3,5-7,10,18H,2,4,8-9H2,1H3. The normalized spacial score (nSPS) is 10.8. The van der Waals surface area contributed by atoms with E-state index < -0.39 is 0 Å². The quantitative estimate of drug-likeness (QED) is 0.710. The summed E-state index contributed by atoms with van der Waals surface area (Å²) in [4.78, 5) is 0. The van der Waals surface area contributed by atoms with Crippen LogP contribution < -0.4 is 10.1 Å². The van der Waals surface area contributed by atoms with E-state index in [1.807, 2.05) is 17.5 Å². The van der Waals surface area contributed by atoms with Gasteiger partial charge in [0.2, 0.25) is 0 Å². The van der Waals surface area contributed by atoms with Crippen LogP contribution in [0.25, 0.3) is 0 Å². The van der Waals surface area contributed by atoms with Gasteiger partial charge in [0.15, 0.2) is 0 Å². The molecular weight excluding hydrogens is 313 g/mol. The zero-order valence-corrected chi connectivity index (χ0v) is 13.6. The first kappa shape index (κ1) is 15.6. The van der Waals surface area contributed by atoms with Crippen molar-refractivity contribution in [1.29, 1.82) is 0 Å². The molecule has 5 heteroatoms. The van der Waals surface area contributed by atoms with Crippen LogP contribution in [-0.4, -0.2) is 6.54 Å². The molecule has 0 atom stereocenters. The van der Waals surface area contributed by atoms with Crippen LogP contribution >= 0.6 is 34.5 Å². The van der Waals surface area contributed by atoms with Crippen molar-refractivity contribution < 1.29 is 4.74 Å². The summed E-state index contributed by atoms with van der Waals surface area (Å²) in [5.41, 5.74) is 2.14. The predicted molar refractivity (Wildman–Crippen MR) is 87.1 cm³/mol. The van der Waals surface area contributed by atoms with Crippen LogP contribution in [0.3, 0.4) is 0 Å². The molecule has 0 saturated carbocycles. The van der Waals surface area contributed by atoms with Crippen LogP contribution in [0.4, 0.5) is 0 Å². The number of thiophene rings is 1. The minimum atomic E-state index is 0.519. The van der Waals surface area contributed by atoms with Gasteiger partial charge in [0.05, 0.1) is 5.02 Å². The van der Waals surface area contributed by atoms with Crippen LogP contribution in [0.5, 0.6) is 5.75 Å². The Labute approximate surface area is 133 Å². The fraction of sp³-hybridized carbons (Fsp3) is 0.333. The number of hydrogen-bond acceptors (Lipinski definition) is 3. The van der Waals surface area contributed by atoms with E-state index in [1.165, 1.54) is 0 Å². The fourth-order valence-electron chi connectivity index (χ4n) is 1.84. The summed E-state index contributed by atoms with van der Waals surface area (Å²) in [6.07, 6.45) is 1.08. The molecule has 0 unspecified atom stereocenters. The summed E-state index contributed by atoms with van der Waals surface area (Å²) >= 11 is 14.0. The Morgan fingerprint density at radius 1 is 1.30 bits per heavy atom. The SMILES string of the molecule is CCCNCc1cc(Cl)cc(Cl)c1OCc1ccsc1. The number of ether oxygens (including phenoxy) is 1. The smallest absolute Gasteiger partial charge is 0.142 e. The third-order valence-electron chi connectivity index (χ3n) is 2.79. The van der Waals surface area contributed by atoms with E-state index in [0.29, 0.717) is 28.9 Å². The Morgan fingerprint density at radius 3 is 2.85 bits per heavy atom. The summed E-state index contributed by atoms with van der Waals surface area (Å²) in [5, 5.41) is 8.63. The van der Waals surface area contributed by atoms with E-state index in [1.54, 1.807) is 17.4 Å². The van der Waals surface area contributed by atoms with E-state index in [-0.39, 0.29) is 0 Å². The lowest BCUT2D eigenvalue weighted by atomic mass is 10.2. The zero-order valence-electron chi connectivity index (χ0n) is 11.3. The molecular formula is C15H17Cl2NOS. The van der Waals surface area contributed by atoms with Crippen molar-refractivity contribution in [1.82, 2.24) is 5.32 Å². The van der Waals surface area contributed by atoms with Crippen molar-refractivity contribution in [3.8, 4) is 5.75 Å². The molecule has 1 N–H and O–H groups in total. The van der Waals surface area contributed by atoms with Gasteiger partial charge in [0.25, 0.3) is 0 Å². The average Bonchev–Trinajstić information content (AvgIpc) is 2.91. The Kier molecular flexibility index (Phi) is 6.17.